The van der Waals surface area contributed by atoms with Crippen molar-refractivity contribution in [1.82, 2.24) is 10.2 Å². The number of hydrogen-bond donors (Lipinski definition) is 2. The summed E-state index contributed by atoms with van der Waals surface area (Å²) in [6.07, 6.45) is 4.59. The summed E-state index contributed by atoms with van der Waals surface area (Å²) in [5.74, 6) is -0.249. The van der Waals surface area contributed by atoms with Crippen molar-refractivity contribution in [2.24, 2.45) is 11.1 Å². The van der Waals surface area contributed by atoms with Gasteiger partial charge in [-0.15, -0.1) is 0 Å². The first-order valence-electron chi connectivity index (χ1n) is 9.74. The van der Waals surface area contributed by atoms with Gasteiger partial charge >= 0.3 is 0 Å². The number of benzene rings is 2. The van der Waals surface area contributed by atoms with Gasteiger partial charge in [0.15, 0.2) is 0 Å². The van der Waals surface area contributed by atoms with E-state index in [2.05, 4.69) is 5.32 Å². The number of nitrogens with zero attached hydrogens (tertiary/aromatic N) is 1. The molecule has 2 aromatic rings. The quantitative estimate of drug-likeness (QED) is 0.686. The van der Waals surface area contributed by atoms with Crippen LogP contribution < -0.4 is 10.5 Å². The van der Waals surface area contributed by atoms with Gasteiger partial charge in [-0.3, -0.25) is 9.59 Å². The van der Waals surface area contributed by atoms with Gasteiger partial charge in [0.25, 0.3) is 0 Å². The number of sulfonamides is 1. The van der Waals surface area contributed by atoms with Gasteiger partial charge in [-0.05, 0) is 42.2 Å². The van der Waals surface area contributed by atoms with Gasteiger partial charge < -0.3 is 10.2 Å². The van der Waals surface area contributed by atoms with Crippen molar-refractivity contribution in [3.63, 3.8) is 0 Å². The molecule has 0 bridgehead atoms. The van der Waals surface area contributed by atoms with Gasteiger partial charge in [-0.1, -0.05) is 42.5 Å². The van der Waals surface area contributed by atoms with Gasteiger partial charge in [-0.2, -0.15) is 0 Å². The molecule has 0 radical (unpaired) electrons. The maximum atomic E-state index is 12.4. The molecule has 0 atom stereocenters. The van der Waals surface area contributed by atoms with E-state index in [4.69, 9.17) is 5.14 Å². The summed E-state index contributed by atoms with van der Waals surface area (Å²) in [6, 6.07) is 15.7. The van der Waals surface area contributed by atoms with Crippen LogP contribution in [0.5, 0.6) is 0 Å². The lowest BCUT2D eigenvalue weighted by Crippen LogP contribution is -2.42. The van der Waals surface area contributed by atoms with E-state index >= 15 is 0 Å². The molecular formula is C22H25N3O4S. The Balaban J connectivity index is 1.45. The van der Waals surface area contributed by atoms with Crippen molar-refractivity contribution >= 4 is 27.9 Å². The Kier molecular flexibility index (Phi) is 7.02. The summed E-state index contributed by atoms with van der Waals surface area (Å²) < 4.78 is 22.6. The van der Waals surface area contributed by atoms with Crippen LogP contribution in [0.4, 0.5) is 0 Å². The lowest BCUT2D eigenvalue weighted by molar-refractivity contribution is -0.132. The standard InChI is InChI=1S/C22H25N3O4S/c23-30(28,29)20-9-6-18(7-10-20)16-24-22(27)19-12-14-25(15-13-19)21(26)11-8-17-4-2-1-3-5-17/h1-11,19H,12-16H2,(H,24,27)(H2,23,28,29). The molecule has 0 aromatic heterocycles. The van der Waals surface area contributed by atoms with E-state index in [-0.39, 0.29) is 22.6 Å². The Labute approximate surface area is 176 Å². The summed E-state index contributed by atoms with van der Waals surface area (Å²) in [7, 11) is -3.72. The highest BCUT2D eigenvalue weighted by Crippen LogP contribution is 2.18. The number of piperidine rings is 1. The number of nitrogens with two attached hydrogens (primary N) is 1. The van der Waals surface area contributed by atoms with Crippen molar-refractivity contribution in [1.29, 1.82) is 0 Å². The molecule has 0 unspecified atom stereocenters. The van der Waals surface area contributed by atoms with Gasteiger partial charge in [0.2, 0.25) is 21.8 Å². The van der Waals surface area contributed by atoms with Gasteiger partial charge in [0.05, 0.1) is 4.90 Å². The number of likely N-dealkylation sites (tertiary alicyclic amines) is 1. The molecule has 158 valence electrons. The Morgan fingerprint density at radius 1 is 1.03 bits per heavy atom. The van der Waals surface area contributed by atoms with E-state index in [0.29, 0.717) is 32.5 Å². The van der Waals surface area contributed by atoms with Crippen LogP contribution in [0.25, 0.3) is 6.08 Å². The first-order chi connectivity index (χ1) is 14.3. The third-order valence-corrected chi connectivity index (χ3v) is 6.04. The zero-order valence-corrected chi connectivity index (χ0v) is 17.3. The molecule has 7 nitrogen and oxygen atoms in total. The Bertz CT molecular complexity index is 1010. The Hall–Kier alpha value is -2.97. The SMILES string of the molecule is NS(=O)(=O)c1ccc(CNC(=O)C2CCN(C(=O)C=Cc3ccccc3)CC2)cc1. The van der Waals surface area contributed by atoms with Gasteiger partial charge in [0, 0.05) is 31.6 Å². The topological polar surface area (TPSA) is 110 Å². The first-order valence-corrected chi connectivity index (χ1v) is 11.3. The number of primary sulfonamides is 1. The molecule has 8 heteroatoms. The zero-order chi connectivity index (χ0) is 21.6. The summed E-state index contributed by atoms with van der Waals surface area (Å²) in [5.41, 5.74) is 1.76. The van der Waals surface area contributed by atoms with Gasteiger partial charge in [-0.25, -0.2) is 13.6 Å². The normalized spacial score (nSPS) is 15.3. The molecule has 0 saturated carbocycles. The minimum Gasteiger partial charge on any atom is -0.352 e. The van der Waals surface area contributed by atoms with Crippen LogP contribution in [0, 0.1) is 5.92 Å². The highest BCUT2D eigenvalue weighted by Gasteiger charge is 2.26. The highest BCUT2D eigenvalue weighted by atomic mass is 32.2. The van der Waals surface area contributed by atoms with E-state index in [1.54, 1.807) is 29.2 Å². The second-order valence-electron chi connectivity index (χ2n) is 7.25. The highest BCUT2D eigenvalue weighted by molar-refractivity contribution is 7.89. The number of hydrogen-bond acceptors (Lipinski definition) is 4. The summed E-state index contributed by atoms with van der Waals surface area (Å²) in [5, 5.41) is 7.96. The second kappa shape index (κ2) is 9.69. The molecule has 1 saturated heterocycles. The van der Waals surface area contributed by atoms with E-state index in [0.717, 1.165) is 11.1 Å². The van der Waals surface area contributed by atoms with E-state index in [1.807, 2.05) is 30.3 Å². The van der Waals surface area contributed by atoms with Crippen LogP contribution in [0.15, 0.2) is 65.6 Å². The molecule has 30 heavy (non-hydrogen) atoms. The monoisotopic (exact) mass is 427 g/mol. The van der Waals surface area contributed by atoms with E-state index < -0.39 is 10.0 Å². The summed E-state index contributed by atoms with van der Waals surface area (Å²) in [4.78, 5) is 26.6. The maximum Gasteiger partial charge on any atom is 0.246 e. The predicted molar refractivity (Wildman–Crippen MR) is 114 cm³/mol. The molecule has 2 amide bonds. The Morgan fingerprint density at radius 3 is 2.27 bits per heavy atom. The molecule has 0 spiro atoms. The largest absolute Gasteiger partial charge is 0.352 e. The van der Waals surface area contributed by atoms with Crippen molar-refractivity contribution in [2.45, 2.75) is 24.3 Å². The summed E-state index contributed by atoms with van der Waals surface area (Å²) >= 11 is 0. The number of rotatable bonds is 6. The fourth-order valence-electron chi connectivity index (χ4n) is 3.33. The molecule has 1 aliphatic heterocycles. The number of carbonyl (C=O) groups excluding carboxylic acids is 2. The van der Waals surface area contributed by atoms with Crippen molar-refractivity contribution in [2.75, 3.05) is 13.1 Å². The average Bonchev–Trinajstić information content (AvgIpc) is 2.76. The minimum atomic E-state index is -3.72. The van der Waals surface area contributed by atoms with E-state index in [1.165, 1.54) is 12.1 Å². The minimum absolute atomic E-state index is 0.0379. The van der Waals surface area contributed by atoms with Crippen LogP contribution >= 0.6 is 0 Å². The number of carbonyl (C=O) groups is 2. The van der Waals surface area contributed by atoms with E-state index in [9.17, 15) is 18.0 Å². The lowest BCUT2D eigenvalue weighted by Gasteiger charge is -2.30. The fourth-order valence-corrected chi connectivity index (χ4v) is 3.85. The van der Waals surface area contributed by atoms with Crippen molar-refractivity contribution in [3.05, 3.63) is 71.8 Å². The zero-order valence-electron chi connectivity index (χ0n) is 16.5. The molecule has 3 N–H and O–H groups in total. The molecule has 1 fully saturated rings. The fraction of sp³-hybridized carbons (Fsp3) is 0.273. The van der Waals surface area contributed by atoms with Crippen LogP contribution in [0.3, 0.4) is 0 Å². The van der Waals surface area contributed by atoms with Gasteiger partial charge in [0.1, 0.15) is 0 Å². The molecule has 1 aliphatic rings. The second-order valence-corrected chi connectivity index (χ2v) is 8.81. The molecular weight excluding hydrogens is 402 g/mol. The molecule has 2 aromatic carbocycles. The summed E-state index contributed by atoms with van der Waals surface area (Å²) in [6.45, 7) is 1.39. The predicted octanol–water partition coefficient (Wildman–Crippen LogP) is 1.90. The smallest absolute Gasteiger partial charge is 0.246 e. The average molecular weight is 428 g/mol. The molecule has 0 aliphatic carbocycles. The van der Waals surface area contributed by atoms with Crippen LogP contribution in [-0.4, -0.2) is 38.2 Å². The Morgan fingerprint density at radius 2 is 1.67 bits per heavy atom. The number of amides is 2. The third kappa shape index (κ3) is 6.01. The molecule has 1 heterocycles. The number of nitrogens with one attached hydrogen (secondary N) is 1. The first kappa shape index (κ1) is 21.7. The van der Waals surface area contributed by atoms with Crippen molar-refractivity contribution in [3.8, 4) is 0 Å². The van der Waals surface area contributed by atoms with Crippen LogP contribution in [0.1, 0.15) is 24.0 Å². The van der Waals surface area contributed by atoms with Crippen molar-refractivity contribution < 1.29 is 18.0 Å². The van der Waals surface area contributed by atoms with Crippen LogP contribution in [-0.2, 0) is 26.2 Å². The molecule has 3 rings (SSSR count). The maximum absolute atomic E-state index is 12.4. The lowest BCUT2D eigenvalue weighted by atomic mass is 9.95. The van der Waals surface area contributed by atoms with Crippen LogP contribution in [0.2, 0.25) is 0 Å². The third-order valence-electron chi connectivity index (χ3n) is 5.11.